The van der Waals surface area contributed by atoms with Crippen LogP contribution in [0.15, 0.2) is 47.4 Å². The zero-order valence-electron chi connectivity index (χ0n) is 13.4. The number of benzene rings is 2. The minimum absolute atomic E-state index is 0.0368. The summed E-state index contributed by atoms with van der Waals surface area (Å²) in [5.74, 6) is 0.0617. The summed E-state index contributed by atoms with van der Waals surface area (Å²) in [6, 6.07) is 12.2. The van der Waals surface area contributed by atoms with E-state index >= 15 is 0 Å². The smallest absolute Gasteiger partial charge is 0.269 e. The van der Waals surface area contributed by atoms with Crippen molar-refractivity contribution in [3.05, 3.63) is 58.1 Å². The molecule has 0 saturated heterocycles. The molecule has 0 bridgehead atoms. The van der Waals surface area contributed by atoms with E-state index < -0.39 is 4.92 Å². The van der Waals surface area contributed by atoms with Gasteiger partial charge >= 0.3 is 0 Å². The van der Waals surface area contributed by atoms with Gasteiger partial charge in [0.15, 0.2) is 5.13 Å². The second-order valence-electron chi connectivity index (χ2n) is 5.26. The first-order valence-electron chi connectivity index (χ1n) is 7.61. The van der Waals surface area contributed by atoms with Gasteiger partial charge in [0, 0.05) is 17.0 Å². The Bertz CT molecular complexity index is 923. The number of aromatic nitrogens is 1. The molecule has 6 nitrogen and oxygen atoms in total. The lowest BCUT2D eigenvalue weighted by Crippen LogP contribution is -2.13. The SMILES string of the molecule is CCc1ccc2nc(NC(=O)CSc3ccc([N+](=O)[O-])cc3)sc2c1. The largest absolute Gasteiger partial charge is 0.301 e. The van der Waals surface area contributed by atoms with E-state index in [1.165, 1.54) is 40.8 Å². The molecule has 1 amide bonds. The number of thioether (sulfide) groups is 1. The van der Waals surface area contributed by atoms with Gasteiger partial charge in [-0.05, 0) is 36.2 Å². The number of thiazole rings is 1. The molecule has 0 saturated carbocycles. The van der Waals surface area contributed by atoms with Crippen molar-refractivity contribution in [3.8, 4) is 0 Å². The second kappa shape index (κ2) is 7.62. The molecule has 1 aromatic heterocycles. The van der Waals surface area contributed by atoms with E-state index in [0.717, 1.165) is 21.5 Å². The molecule has 0 radical (unpaired) electrons. The van der Waals surface area contributed by atoms with Crippen LogP contribution in [0.4, 0.5) is 10.8 Å². The number of hydrogen-bond donors (Lipinski definition) is 1. The van der Waals surface area contributed by atoms with Crippen molar-refractivity contribution < 1.29 is 9.72 Å². The molecule has 0 aliphatic rings. The zero-order chi connectivity index (χ0) is 17.8. The van der Waals surface area contributed by atoms with Crippen LogP contribution in [0.1, 0.15) is 12.5 Å². The first-order chi connectivity index (χ1) is 12.0. The highest BCUT2D eigenvalue weighted by molar-refractivity contribution is 8.00. The maximum Gasteiger partial charge on any atom is 0.269 e. The third kappa shape index (κ3) is 4.34. The Kier molecular flexibility index (Phi) is 5.30. The molecule has 0 atom stereocenters. The molecule has 128 valence electrons. The lowest BCUT2D eigenvalue weighted by atomic mass is 10.2. The molecule has 1 heterocycles. The molecule has 2 aromatic carbocycles. The van der Waals surface area contributed by atoms with Gasteiger partial charge in [-0.2, -0.15) is 0 Å². The van der Waals surface area contributed by atoms with Crippen molar-refractivity contribution >= 4 is 50.0 Å². The predicted molar refractivity (Wildman–Crippen MR) is 101 cm³/mol. The van der Waals surface area contributed by atoms with Crippen LogP contribution in [0.2, 0.25) is 0 Å². The van der Waals surface area contributed by atoms with Crippen LogP contribution >= 0.6 is 23.1 Å². The first-order valence-corrected chi connectivity index (χ1v) is 9.42. The van der Waals surface area contributed by atoms with Gasteiger partial charge in [0.2, 0.25) is 5.91 Å². The molecule has 8 heteroatoms. The van der Waals surface area contributed by atoms with Crippen molar-refractivity contribution in [2.24, 2.45) is 0 Å². The summed E-state index contributed by atoms with van der Waals surface area (Å²) in [6.07, 6.45) is 0.960. The van der Waals surface area contributed by atoms with Crippen LogP contribution in [0.25, 0.3) is 10.2 Å². The van der Waals surface area contributed by atoms with Gasteiger partial charge in [-0.3, -0.25) is 14.9 Å². The zero-order valence-corrected chi connectivity index (χ0v) is 15.0. The predicted octanol–water partition coefficient (Wildman–Crippen LogP) is 4.50. The van der Waals surface area contributed by atoms with E-state index in [9.17, 15) is 14.9 Å². The fraction of sp³-hybridized carbons (Fsp3) is 0.176. The number of rotatable bonds is 6. The molecule has 25 heavy (non-hydrogen) atoms. The third-order valence-electron chi connectivity index (χ3n) is 3.52. The number of nitro benzene ring substituents is 1. The Morgan fingerprint density at radius 3 is 2.72 bits per heavy atom. The Hall–Kier alpha value is -2.45. The average molecular weight is 373 g/mol. The normalized spacial score (nSPS) is 10.8. The van der Waals surface area contributed by atoms with Gasteiger partial charge in [-0.25, -0.2) is 4.98 Å². The third-order valence-corrected chi connectivity index (χ3v) is 5.47. The van der Waals surface area contributed by atoms with E-state index in [4.69, 9.17) is 0 Å². The van der Waals surface area contributed by atoms with E-state index in [-0.39, 0.29) is 17.3 Å². The standard InChI is InChI=1S/C17H15N3O3S2/c1-2-11-3-8-14-15(9-11)25-17(18-14)19-16(21)10-24-13-6-4-12(5-7-13)20(22)23/h3-9H,2,10H2,1H3,(H,18,19,21). The molecular formula is C17H15N3O3S2. The summed E-state index contributed by atoms with van der Waals surface area (Å²) in [6.45, 7) is 2.10. The molecule has 0 aliphatic heterocycles. The number of fused-ring (bicyclic) bond motifs is 1. The molecule has 0 spiro atoms. The van der Waals surface area contributed by atoms with E-state index in [0.29, 0.717) is 5.13 Å². The minimum Gasteiger partial charge on any atom is -0.301 e. The van der Waals surface area contributed by atoms with Gasteiger partial charge in [0.25, 0.3) is 5.69 Å². The number of hydrogen-bond acceptors (Lipinski definition) is 6. The summed E-state index contributed by atoms with van der Waals surface area (Å²) < 4.78 is 1.05. The van der Waals surface area contributed by atoms with Crippen LogP contribution < -0.4 is 5.32 Å². The van der Waals surface area contributed by atoms with Crippen molar-refractivity contribution in [1.82, 2.24) is 4.98 Å². The number of aryl methyl sites for hydroxylation is 1. The molecule has 0 fully saturated rings. The van der Waals surface area contributed by atoms with Crippen molar-refractivity contribution in [3.63, 3.8) is 0 Å². The fourth-order valence-corrected chi connectivity index (χ4v) is 3.85. The lowest BCUT2D eigenvalue weighted by Gasteiger charge is -2.02. The molecule has 3 rings (SSSR count). The quantitative estimate of drug-likeness (QED) is 0.391. The van der Waals surface area contributed by atoms with Gasteiger partial charge in [-0.15, -0.1) is 11.8 Å². The van der Waals surface area contributed by atoms with Crippen molar-refractivity contribution in [1.29, 1.82) is 0 Å². The Morgan fingerprint density at radius 1 is 1.28 bits per heavy atom. The Labute approximate surface area is 152 Å². The maximum absolute atomic E-state index is 12.1. The fourth-order valence-electron chi connectivity index (χ4n) is 2.21. The summed E-state index contributed by atoms with van der Waals surface area (Å²) in [5.41, 5.74) is 2.15. The molecular weight excluding hydrogens is 358 g/mol. The van der Waals surface area contributed by atoms with Crippen molar-refractivity contribution in [2.75, 3.05) is 11.1 Å². The number of nitro groups is 1. The highest BCUT2D eigenvalue weighted by Crippen LogP contribution is 2.27. The van der Waals surface area contributed by atoms with Crippen LogP contribution in [-0.4, -0.2) is 21.6 Å². The number of nitrogens with one attached hydrogen (secondary N) is 1. The van der Waals surface area contributed by atoms with Gasteiger partial charge < -0.3 is 5.32 Å². The monoisotopic (exact) mass is 373 g/mol. The number of amides is 1. The number of carbonyl (C=O) groups is 1. The first kappa shape index (κ1) is 17.4. The van der Waals surface area contributed by atoms with Crippen LogP contribution in [-0.2, 0) is 11.2 Å². The van der Waals surface area contributed by atoms with E-state index in [2.05, 4.69) is 23.3 Å². The minimum atomic E-state index is -0.446. The topological polar surface area (TPSA) is 85.1 Å². The average Bonchev–Trinajstić information content (AvgIpc) is 3.01. The van der Waals surface area contributed by atoms with Gasteiger partial charge in [-0.1, -0.05) is 24.3 Å². The van der Waals surface area contributed by atoms with Crippen molar-refractivity contribution in [2.45, 2.75) is 18.2 Å². The molecule has 3 aromatic rings. The van der Waals surface area contributed by atoms with Gasteiger partial charge in [0.05, 0.1) is 20.9 Å². The Morgan fingerprint density at radius 2 is 2.04 bits per heavy atom. The van der Waals surface area contributed by atoms with Gasteiger partial charge in [0.1, 0.15) is 0 Å². The highest BCUT2D eigenvalue weighted by Gasteiger charge is 2.10. The number of non-ortho nitro benzene ring substituents is 1. The highest BCUT2D eigenvalue weighted by atomic mass is 32.2. The maximum atomic E-state index is 12.1. The molecule has 1 N–H and O–H groups in total. The number of nitrogens with zero attached hydrogens (tertiary/aromatic N) is 2. The summed E-state index contributed by atoms with van der Waals surface area (Å²) in [4.78, 5) is 27.5. The lowest BCUT2D eigenvalue weighted by molar-refractivity contribution is -0.384. The number of anilines is 1. The number of carbonyl (C=O) groups excluding carboxylic acids is 1. The van der Waals surface area contributed by atoms with Crippen LogP contribution in [0.5, 0.6) is 0 Å². The molecule has 0 aliphatic carbocycles. The summed E-state index contributed by atoms with van der Waals surface area (Å²) >= 11 is 2.78. The van der Waals surface area contributed by atoms with Crippen LogP contribution in [0.3, 0.4) is 0 Å². The Balaban J connectivity index is 1.59. The van der Waals surface area contributed by atoms with E-state index in [1.807, 2.05) is 12.1 Å². The summed E-state index contributed by atoms with van der Waals surface area (Å²) in [7, 11) is 0. The van der Waals surface area contributed by atoms with Crippen LogP contribution in [0, 0.1) is 10.1 Å². The second-order valence-corrected chi connectivity index (χ2v) is 7.34. The molecule has 0 unspecified atom stereocenters. The summed E-state index contributed by atoms with van der Waals surface area (Å²) in [5, 5.41) is 14.0. The van der Waals surface area contributed by atoms with E-state index in [1.54, 1.807) is 12.1 Å².